The van der Waals surface area contributed by atoms with Crippen LogP contribution in [0.3, 0.4) is 0 Å². The van der Waals surface area contributed by atoms with E-state index in [0.29, 0.717) is 6.42 Å². The Morgan fingerprint density at radius 3 is 1.13 bits per heavy atom. The van der Waals surface area contributed by atoms with E-state index in [1.807, 2.05) is 6.08 Å². The summed E-state index contributed by atoms with van der Waals surface area (Å²) in [6.45, 7) is 4.32. The Hall–Kier alpha value is -0.870. The second kappa shape index (κ2) is 38.6. The first-order valence-corrected chi connectivity index (χ1v) is 20.9. The van der Waals surface area contributed by atoms with Crippen LogP contribution in [0.1, 0.15) is 232 Å². The van der Waals surface area contributed by atoms with Crippen molar-refractivity contribution in [2.75, 3.05) is 6.61 Å². The molecule has 2 unspecified atom stereocenters. The van der Waals surface area contributed by atoms with E-state index in [9.17, 15) is 15.0 Å². The third-order valence-electron chi connectivity index (χ3n) is 9.77. The van der Waals surface area contributed by atoms with E-state index in [-0.39, 0.29) is 12.5 Å². The molecule has 0 saturated heterocycles. The fourth-order valence-corrected chi connectivity index (χ4v) is 6.53. The van der Waals surface area contributed by atoms with Crippen LogP contribution < -0.4 is 5.32 Å². The molecule has 0 saturated carbocycles. The molecule has 0 aliphatic carbocycles. The van der Waals surface area contributed by atoms with E-state index >= 15 is 0 Å². The highest BCUT2D eigenvalue weighted by molar-refractivity contribution is 5.76. The normalized spacial score (nSPS) is 13.0. The number of aliphatic hydroxyl groups is 2. The van der Waals surface area contributed by atoms with Crippen LogP contribution in [-0.2, 0) is 4.79 Å². The number of amides is 1. The van der Waals surface area contributed by atoms with Crippen LogP contribution in [0.25, 0.3) is 0 Å². The standard InChI is InChI=1S/C42H83NO3/c1-3-5-7-9-11-13-15-17-19-20-21-22-23-24-26-28-30-32-34-36-38-42(46)43-40(39-44)41(45)37-35-33-31-29-27-25-18-16-14-12-10-8-6-4-2/h35,37,40-41,44-45H,3-34,36,38-39H2,1-2H3,(H,43,46)/b37-35+. The van der Waals surface area contributed by atoms with Gasteiger partial charge in [-0.3, -0.25) is 4.79 Å². The van der Waals surface area contributed by atoms with Gasteiger partial charge in [-0.25, -0.2) is 0 Å². The number of unbranched alkanes of at least 4 members (excludes halogenated alkanes) is 31. The lowest BCUT2D eigenvalue weighted by atomic mass is 10.0. The Balaban J connectivity index is 3.52. The minimum atomic E-state index is -0.832. The second-order valence-corrected chi connectivity index (χ2v) is 14.4. The average Bonchev–Trinajstić information content (AvgIpc) is 3.06. The number of carbonyl (C=O) groups is 1. The molecule has 46 heavy (non-hydrogen) atoms. The number of hydrogen-bond donors (Lipinski definition) is 3. The van der Waals surface area contributed by atoms with Crippen molar-refractivity contribution in [2.24, 2.45) is 0 Å². The van der Waals surface area contributed by atoms with Crippen molar-refractivity contribution in [3.8, 4) is 0 Å². The van der Waals surface area contributed by atoms with Crippen LogP contribution >= 0.6 is 0 Å². The Morgan fingerprint density at radius 1 is 0.500 bits per heavy atom. The maximum Gasteiger partial charge on any atom is 0.220 e. The third kappa shape index (κ3) is 34.5. The van der Waals surface area contributed by atoms with Crippen LogP contribution in [0.5, 0.6) is 0 Å². The van der Waals surface area contributed by atoms with Gasteiger partial charge in [0.1, 0.15) is 0 Å². The molecule has 0 fully saturated rings. The van der Waals surface area contributed by atoms with Crippen LogP contribution in [0.2, 0.25) is 0 Å². The number of carbonyl (C=O) groups excluding carboxylic acids is 1. The van der Waals surface area contributed by atoms with Crippen molar-refractivity contribution in [1.29, 1.82) is 0 Å². The molecule has 1 amide bonds. The smallest absolute Gasteiger partial charge is 0.220 e. The molecule has 0 spiro atoms. The molecule has 0 aromatic rings. The summed E-state index contributed by atoms with van der Waals surface area (Å²) < 4.78 is 0. The van der Waals surface area contributed by atoms with Gasteiger partial charge in [0.05, 0.1) is 18.8 Å². The summed E-state index contributed by atoms with van der Waals surface area (Å²) in [6, 6.07) is -0.615. The van der Waals surface area contributed by atoms with Crippen molar-refractivity contribution in [3.63, 3.8) is 0 Å². The van der Waals surface area contributed by atoms with E-state index < -0.39 is 12.1 Å². The molecule has 0 heterocycles. The third-order valence-corrected chi connectivity index (χ3v) is 9.77. The quantitative estimate of drug-likeness (QED) is 0.0460. The Morgan fingerprint density at radius 2 is 0.804 bits per heavy atom. The topological polar surface area (TPSA) is 69.6 Å². The van der Waals surface area contributed by atoms with Gasteiger partial charge < -0.3 is 15.5 Å². The zero-order chi connectivity index (χ0) is 33.6. The van der Waals surface area contributed by atoms with Crippen molar-refractivity contribution in [1.82, 2.24) is 5.32 Å². The SMILES string of the molecule is CCCCCCCCCCCCCC/C=C/C(O)C(CO)NC(=O)CCCCCCCCCCCCCCCCCCCCCC. The molecule has 3 N–H and O–H groups in total. The summed E-state index contributed by atoms with van der Waals surface area (Å²) >= 11 is 0. The first kappa shape index (κ1) is 45.1. The van der Waals surface area contributed by atoms with Crippen LogP contribution in [0, 0.1) is 0 Å². The van der Waals surface area contributed by atoms with Crippen molar-refractivity contribution in [3.05, 3.63) is 12.2 Å². The van der Waals surface area contributed by atoms with Crippen LogP contribution in [-0.4, -0.2) is 34.9 Å². The number of aliphatic hydroxyl groups excluding tert-OH is 2. The summed E-state index contributed by atoms with van der Waals surface area (Å²) in [6.07, 6.45) is 47.4. The van der Waals surface area contributed by atoms with Gasteiger partial charge in [0, 0.05) is 6.42 Å². The largest absolute Gasteiger partial charge is 0.394 e. The fraction of sp³-hybridized carbons (Fsp3) is 0.929. The highest BCUT2D eigenvalue weighted by Gasteiger charge is 2.17. The summed E-state index contributed by atoms with van der Waals surface area (Å²) in [5.74, 6) is -0.0603. The monoisotopic (exact) mass is 650 g/mol. The predicted molar refractivity (Wildman–Crippen MR) is 202 cm³/mol. The summed E-state index contributed by atoms with van der Waals surface area (Å²) in [4.78, 5) is 12.4. The molecule has 274 valence electrons. The highest BCUT2D eigenvalue weighted by Crippen LogP contribution is 2.16. The summed E-state index contributed by atoms with van der Waals surface area (Å²) in [5, 5.41) is 23.0. The van der Waals surface area contributed by atoms with Gasteiger partial charge in [0.15, 0.2) is 0 Å². The first-order valence-electron chi connectivity index (χ1n) is 20.9. The number of allylic oxidation sites excluding steroid dienone is 1. The fourth-order valence-electron chi connectivity index (χ4n) is 6.53. The number of nitrogens with one attached hydrogen (secondary N) is 1. The minimum Gasteiger partial charge on any atom is -0.394 e. The first-order chi connectivity index (χ1) is 22.7. The van der Waals surface area contributed by atoms with Gasteiger partial charge in [-0.05, 0) is 19.3 Å². The second-order valence-electron chi connectivity index (χ2n) is 14.4. The van der Waals surface area contributed by atoms with E-state index in [1.165, 1.54) is 186 Å². The zero-order valence-corrected chi connectivity index (χ0v) is 31.4. The van der Waals surface area contributed by atoms with Gasteiger partial charge in [-0.2, -0.15) is 0 Å². The number of hydrogen-bond acceptors (Lipinski definition) is 3. The average molecular weight is 650 g/mol. The van der Waals surface area contributed by atoms with E-state index in [4.69, 9.17) is 0 Å². The van der Waals surface area contributed by atoms with Crippen LogP contribution in [0.4, 0.5) is 0 Å². The molecule has 0 aliphatic rings. The molecule has 2 atom stereocenters. The molecule has 0 aromatic carbocycles. The van der Waals surface area contributed by atoms with Gasteiger partial charge >= 0.3 is 0 Å². The van der Waals surface area contributed by atoms with Gasteiger partial charge in [0.2, 0.25) is 5.91 Å². The lowest BCUT2D eigenvalue weighted by Gasteiger charge is -2.20. The Labute approximate surface area is 288 Å². The molecule has 4 nitrogen and oxygen atoms in total. The summed E-state index contributed by atoms with van der Waals surface area (Å²) in [5.41, 5.74) is 0. The lowest BCUT2D eigenvalue weighted by Crippen LogP contribution is -2.45. The zero-order valence-electron chi connectivity index (χ0n) is 31.4. The van der Waals surface area contributed by atoms with E-state index in [2.05, 4.69) is 19.2 Å². The Bertz CT molecular complexity index is 622. The molecule has 4 heteroatoms. The van der Waals surface area contributed by atoms with Gasteiger partial charge in [0.25, 0.3) is 0 Å². The van der Waals surface area contributed by atoms with Crippen molar-refractivity contribution >= 4 is 5.91 Å². The van der Waals surface area contributed by atoms with E-state index in [1.54, 1.807) is 6.08 Å². The Kier molecular flexibility index (Phi) is 37.8. The molecule has 0 radical (unpaired) electrons. The molecule has 0 bridgehead atoms. The lowest BCUT2D eigenvalue weighted by molar-refractivity contribution is -0.123. The molecular formula is C42H83NO3. The molecule has 0 aromatic heterocycles. The van der Waals surface area contributed by atoms with Gasteiger partial charge in [-0.1, -0.05) is 219 Å². The molecule has 0 rings (SSSR count). The predicted octanol–water partition coefficient (Wildman–Crippen LogP) is 12.7. The van der Waals surface area contributed by atoms with Crippen LogP contribution in [0.15, 0.2) is 12.2 Å². The van der Waals surface area contributed by atoms with Crippen molar-refractivity contribution in [2.45, 2.75) is 244 Å². The molecular weight excluding hydrogens is 566 g/mol. The minimum absolute atomic E-state index is 0.0603. The van der Waals surface area contributed by atoms with Gasteiger partial charge in [-0.15, -0.1) is 0 Å². The molecule has 0 aliphatic heterocycles. The maximum absolute atomic E-state index is 12.4. The van der Waals surface area contributed by atoms with Crippen molar-refractivity contribution < 1.29 is 15.0 Å². The summed E-state index contributed by atoms with van der Waals surface area (Å²) in [7, 11) is 0. The highest BCUT2D eigenvalue weighted by atomic mass is 16.3. The number of rotatable bonds is 38. The van der Waals surface area contributed by atoms with E-state index in [0.717, 1.165) is 25.7 Å². The maximum atomic E-state index is 12.4.